The first-order valence-corrected chi connectivity index (χ1v) is 13.4. The highest BCUT2D eigenvalue weighted by Gasteiger charge is 2.39. The van der Waals surface area contributed by atoms with Crippen molar-refractivity contribution >= 4 is 28.6 Å². The van der Waals surface area contributed by atoms with E-state index in [1.54, 1.807) is 42.5 Å². The topological polar surface area (TPSA) is 97.5 Å². The first kappa shape index (κ1) is 26.0. The Morgan fingerprint density at radius 2 is 1.74 bits per heavy atom. The van der Waals surface area contributed by atoms with Crippen molar-refractivity contribution < 1.29 is 19.0 Å². The summed E-state index contributed by atoms with van der Waals surface area (Å²) < 4.78 is 19.0. The fourth-order valence-electron chi connectivity index (χ4n) is 4.97. The number of benzene rings is 3. The van der Waals surface area contributed by atoms with E-state index in [1.165, 1.54) is 12.1 Å². The standard InChI is InChI=1S/C30H30FN3O3S/c1-18-27(19(2)35)38-29(33-18)30(13-15-37-16-14-30)23-8-3-21(4-9-23)28(36)34-26-17-22(7-12-25(26)32)20-5-10-24(31)11-6-20/h3-12,17,19,35H,13-16,32H2,1-2H3,(H,34,36). The van der Waals surface area contributed by atoms with Crippen molar-refractivity contribution in [1.29, 1.82) is 0 Å². The van der Waals surface area contributed by atoms with Crippen molar-refractivity contribution in [3.63, 3.8) is 0 Å². The average Bonchev–Trinajstić information content (AvgIpc) is 3.33. The molecule has 3 aromatic carbocycles. The van der Waals surface area contributed by atoms with E-state index < -0.39 is 6.10 Å². The van der Waals surface area contributed by atoms with Crippen LogP contribution < -0.4 is 11.1 Å². The van der Waals surface area contributed by atoms with Crippen LogP contribution in [0.3, 0.4) is 0 Å². The van der Waals surface area contributed by atoms with Crippen molar-refractivity contribution in [2.75, 3.05) is 24.3 Å². The molecule has 1 fully saturated rings. The van der Waals surface area contributed by atoms with Crippen LogP contribution in [0.25, 0.3) is 11.1 Å². The van der Waals surface area contributed by atoms with Gasteiger partial charge < -0.3 is 20.9 Å². The average molecular weight is 532 g/mol. The van der Waals surface area contributed by atoms with Crippen LogP contribution >= 0.6 is 11.3 Å². The van der Waals surface area contributed by atoms with Crippen LogP contribution in [-0.2, 0) is 10.2 Å². The van der Waals surface area contributed by atoms with E-state index >= 15 is 0 Å². The van der Waals surface area contributed by atoms with E-state index in [-0.39, 0.29) is 17.1 Å². The predicted octanol–water partition coefficient (Wildman–Crippen LogP) is 6.24. The van der Waals surface area contributed by atoms with Crippen LogP contribution in [0.2, 0.25) is 0 Å². The quantitative estimate of drug-likeness (QED) is 0.256. The molecule has 4 N–H and O–H groups in total. The second-order valence-electron chi connectivity index (χ2n) is 9.68. The van der Waals surface area contributed by atoms with Crippen molar-refractivity contribution in [2.24, 2.45) is 0 Å². The molecule has 196 valence electrons. The van der Waals surface area contributed by atoms with Gasteiger partial charge in [0.05, 0.1) is 33.5 Å². The molecule has 4 aromatic rings. The van der Waals surface area contributed by atoms with Crippen molar-refractivity contribution in [2.45, 2.75) is 38.2 Å². The highest BCUT2D eigenvalue weighted by molar-refractivity contribution is 7.12. The number of aliphatic hydroxyl groups excluding tert-OH is 1. The second kappa shape index (κ2) is 10.6. The summed E-state index contributed by atoms with van der Waals surface area (Å²) in [5, 5.41) is 14.1. The molecule has 1 amide bonds. The van der Waals surface area contributed by atoms with Gasteiger partial charge in [0.15, 0.2) is 0 Å². The van der Waals surface area contributed by atoms with E-state index in [4.69, 9.17) is 15.5 Å². The maximum Gasteiger partial charge on any atom is 0.255 e. The monoisotopic (exact) mass is 531 g/mol. The molecule has 8 heteroatoms. The summed E-state index contributed by atoms with van der Waals surface area (Å²) in [7, 11) is 0. The minimum atomic E-state index is -0.571. The first-order valence-electron chi connectivity index (χ1n) is 12.6. The zero-order valence-electron chi connectivity index (χ0n) is 21.3. The molecule has 1 atom stereocenters. The van der Waals surface area contributed by atoms with E-state index in [9.17, 15) is 14.3 Å². The number of nitrogen functional groups attached to an aromatic ring is 1. The zero-order chi connectivity index (χ0) is 26.9. The summed E-state index contributed by atoms with van der Waals surface area (Å²) >= 11 is 1.55. The normalized spacial score (nSPS) is 15.7. The number of aryl methyl sites for hydroxylation is 1. The van der Waals surface area contributed by atoms with Gasteiger partial charge in [-0.05, 0) is 79.8 Å². The Labute approximate surface area is 225 Å². The van der Waals surface area contributed by atoms with Gasteiger partial charge in [-0.2, -0.15) is 0 Å². The second-order valence-corrected chi connectivity index (χ2v) is 10.7. The number of ether oxygens (including phenoxy) is 1. The summed E-state index contributed by atoms with van der Waals surface area (Å²) in [4.78, 5) is 18.9. The molecule has 1 saturated heterocycles. The Bertz CT molecular complexity index is 1440. The largest absolute Gasteiger partial charge is 0.397 e. The molecule has 1 aliphatic heterocycles. The van der Waals surface area contributed by atoms with Gasteiger partial charge in [-0.25, -0.2) is 9.37 Å². The van der Waals surface area contributed by atoms with Crippen LogP contribution in [0.4, 0.5) is 15.8 Å². The minimum absolute atomic E-state index is 0.276. The van der Waals surface area contributed by atoms with Crippen LogP contribution in [0.15, 0.2) is 66.7 Å². The van der Waals surface area contributed by atoms with Crippen LogP contribution in [0, 0.1) is 12.7 Å². The predicted molar refractivity (Wildman–Crippen MR) is 149 cm³/mol. The number of nitrogens with two attached hydrogens (primary N) is 1. The zero-order valence-corrected chi connectivity index (χ0v) is 22.1. The number of rotatable bonds is 6. The van der Waals surface area contributed by atoms with E-state index in [2.05, 4.69) is 5.32 Å². The van der Waals surface area contributed by atoms with Crippen LogP contribution in [-0.4, -0.2) is 29.2 Å². The molecule has 0 saturated carbocycles. The Morgan fingerprint density at radius 3 is 2.37 bits per heavy atom. The number of halogens is 1. The summed E-state index contributed by atoms with van der Waals surface area (Å²) in [5.41, 5.74) is 10.8. The maximum atomic E-state index is 13.3. The lowest BCUT2D eigenvalue weighted by molar-refractivity contribution is 0.0630. The molecule has 5 rings (SSSR count). The maximum absolute atomic E-state index is 13.3. The number of aliphatic hydroxyl groups is 1. The number of anilines is 2. The lowest BCUT2D eigenvalue weighted by Gasteiger charge is -2.36. The molecule has 0 aliphatic carbocycles. The number of amides is 1. The molecule has 1 aromatic heterocycles. The molecule has 1 aliphatic rings. The third-order valence-electron chi connectivity index (χ3n) is 7.15. The van der Waals surface area contributed by atoms with Gasteiger partial charge in [-0.15, -0.1) is 11.3 Å². The lowest BCUT2D eigenvalue weighted by Crippen LogP contribution is -2.35. The van der Waals surface area contributed by atoms with Gasteiger partial charge in [-0.1, -0.05) is 30.3 Å². The van der Waals surface area contributed by atoms with Gasteiger partial charge in [0.2, 0.25) is 0 Å². The third-order valence-corrected chi connectivity index (χ3v) is 8.68. The number of carbonyl (C=O) groups is 1. The van der Waals surface area contributed by atoms with E-state index in [1.807, 2.05) is 37.3 Å². The van der Waals surface area contributed by atoms with Gasteiger partial charge in [0.25, 0.3) is 5.91 Å². The van der Waals surface area contributed by atoms with Crippen molar-refractivity contribution in [3.8, 4) is 11.1 Å². The molecule has 0 bridgehead atoms. The van der Waals surface area contributed by atoms with Crippen molar-refractivity contribution in [1.82, 2.24) is 4.98 Å². The molecule has 38 heavy (non-hydrogen) atoms. The number of thiazole rings is 1. The SMILES string of the molecule is Cc1nc(C2(c3ccc(C(=O)Nc4cc(-c5ccc(F)cc5)ccc4N)cc3)CCOCC2)sc1C(C)O. The van der Waals surface area contributed by atoms with Gasteiger partial charge in [0.1, 0.15) is 10.8 Å². The molecule has 6 nitrogen and oxygen atoms in total. The lowest BCUT2D eigenvalue weighted by atomic mass is 9.74. The Kier molecular flexibility index (Phi) is 7.29. The molecule has 1 unspecified atom stereocenters. The number of nitrogens with zero attached hydrogens (tertiary/aromatic N) is 1. The van der Waals surface area contributed by atoms with E-state index in [0.717, 1.165) is 45.1 Å². The van der Waals surface area contributed by atoms with Crippen LogP contribution in [0.1, 0.15) is 57.4 Å². The molecule has 2 heterocycles. The minimum Gasteiger partial charge on any atom is -0.397 e. The summed E-state index contributed by atoms with van der Waals surface area (Å²) in [6.07, 6.45) is 0.979. The van der Waals surface area contributed by atoms with Gasteiger partial charge in [0, 0.05) is 18.8 Å². The number of hydrogen-bond acceptors (Lipinski definition) is 6. The number of hydrogen-bond donors (Lipinski definition) is 3. The van der Waals surface area contributed by atoms with Gasteiger partial charge >= 0.3 is 0 Å². The van der Waals surface area contributed by atoms with E-state index in [0.29, 0.717) is 30.2 Å². The summed E-state index contributed by atoms with van der Waals surface area (Å²) in [5.74, 6) is -0.584. The highest BCUT2D eigenvalue weighted by atomic mass is 32.1. The first-order chi connectivity index (χ1) is 18.3. The Balaban J connectivity index is 1.40. The van der Waals surface area contributed by atoms with Gasteiger partial charge in [-0.3, -0.25) is 4.79 Å². The Hall–Kier alpha value is -3.59. The number of carbonyl (C=O) groups excluding carboxylic acids is 1. The number of nitrogens with one attached hydrogen (secondary N) is 1. The molecule has 0 spiro atoms. The van der Waals surface area contributed by atoms with Crippen LogP contribution in [0.5, 0.6) is 0 Å². The fourth-order valence-corrected chi connectivity index (χ4v) is 6.24. The molecule has 0 radical (unpaired) electrons. The third kappa shape index (κ3) is 5.07. The van der Waals surface area contributed by atoms with Crippen molar-refractivity contribution in [3.05, 3.63) is 99.3 Å². The fraction of sp³-hybridized carbons (Fsp3) is 0.267. The highest BCUT2D eigenvalue weighted by Crippen LogP contribution is 2.44. The molecular weight excluding hydrogens is 501 g/mol. The smallest absolute Gasteiger partial charge is 0.255 e. The number of aromatic nitrogens is 1. The molecular formula is C30H30FN3O3S. The Morgan fingerprint density at radius 1 is 1.08 bits per heavy atom. The summed E-state index contributed by atoms with van der Waals surface area (Å²) in [6.45, 7) is 4.93. The summed E-state index contributed by atoms with van der Waals surface area (Å²) in [6, 6.07) is 19.1.